The molecule has 3 rings (SSSR count). The molecule has 0 aliphatic rings. The molecule has 2 amide bonds. The molecule has 0 saturated carbocycles. The zero-order chi connectivity index (χ0) is 23.4. The van der Waals surface area contributed by atoms with E-state index in [2.05, 4.69) is 10.4 Å². The molecule has 9 nitrogen and oxygen atoms in total. The summed E-state index contributed by atoms with van der Waals surface area (Å²) in [6, 6.07) is 6.83. The molecule has 2 aromatic heterocycles. The van der Waals surface area contributed by atoms with E-state index in [4.69, 9.17) is 33.7 Å². The number of benzene rings is 1. The van der Waals surface area contributed by atoms with Crippen LogP contribution in [-0.2, 0) is 27.3 Å². The quantitative estimate of drug-likeness (QED) is 0.459. The number of nitrogens with one attached hydrogen (secondary N) is 1. The molecule has 3 aromatic rings. The predicted octanol–water partition coefficient (Wildman–Crippen LogP) is 2.15. The fraction of sp³-hybridized carbons (Fsp3) is 0.250. The van der Waals surface area contributed by atoms with Crippen molar-refractivity contribution >= 4 is 63.1 Å². The summed E-state index contributed by atoms with van der Waals surface area (Å²) in [6.07, 6.45) is 0.0409. The molecule has 12 heteroatoms. The van der Waals surface area contributed by atoms with Gasteiger partial charge in [-0.15, -0.1) is 11.3 Å². The molecule has 3 N–H and O–H groups in total. The summed E-state index contributed by atoms with van der Waals surface area (Å²) in [6.45, 7) is 1.20. The standard InChI is InChI=1S/C20H18Cl2N4O5S/c1-2-31-20(30)13(7-10-8-14(21)32-17(10)22)24-15(27)9-26-19(29)12-6-4-3-5-11(12)16(25-26)18(23)28/h3-6,8,13H,2,7,9H2,1H3,(H2,23,28)(H,24,27). The average Bonchev–Trinajstić information content (AvgIpc) is 3.06. The second kappa shape index (κ2) is 10.1. The summed E-state index contributed by atoms with van der Waals surface area (Å²) < 4.78 is 6.68. The van der Waals surface area contributed by atoms with E-state index < -0.39 is 35.9 Å². The highest BCUT2D eigenvalue weighted by atomic mass is 35.5. The van der Waals surface area contributed by atoms with Crippen LogP contribution in [0.15, 0.2) is 35.1 Å². The van der Waals surface area contributed by atoms with Crippen molar-refractivity contribution in [3.05, 3.63) is 60.6 Å². The molecule has 0 radical (unpaired) electrons. The lowest BCUT2D eigenvalue weighted by Crippen LogP contribution is -2.46. The third kappa shape index (κ3) is 5.26. The van der Waals surface area contributed by atoms with E-state index in [0.29, 0.717) is 14.2 Å². The van der Waals surface area contributed by atoms with Gasteiger partial charge in [0.15, 0.2) is 5.69 Å². The molecule has 1 unspecified atom stereocenters. The minimum Gasteiger partial charge on any atom is -0.464 e. The second-order valence-corrected chi connectivity index (χ2v) is 8.93. The first-order valence-corrected chi connectivity index (χ1v) is 11.0. The van der Waals surface area contributed by atoms with Crippen molar-refractivity contribution in [3.63, 3.8) is 0 Å². The van der Waals surface area contributed by atoms with E-state index in [1.54, 1.807) is 31.2 Å². The molecular formula is C20H18Cl2N4O5S. The van der Waals surface area contributed by atoms with Crippen molar-refractivity contribution < 1.29 is 19.1 Å². The third-order valence-corrected chi connectivity index (χ3v) is 6.02. The molecule has 0 aliphatic carbocycles. The molecule has 0 bridgehead atoms. The minimum atomic E-state index is -1.07. The highest BCUT2D eigenvalue weighted by Crippen LogP contribution is 2.32. The molecule has 1 atom stereocenters. The van der Waals surface area contributed by atoms with Gasteiger partial charge in [0.05, 0.1) is 20.7 Å². The highest BCUT2D eigenvalue weighted by molar-refractivity contribution is 7.20. The van der Waals surface area contributed by atoms with Crippen LogP contribution in [0.3, 0.4) is 0 Å². The van der Waals surface area contributed by atoms with E-state index in [1.165, 1.54) is 6.07 Å². The number of fused-ring (bicyclic) bond motifs is 1. The number of carbonyl (C=O) groups is 3. The summed E-state index contributed by atoms with van der Waals surface area (Å²) in [5.74, 6) is -2.21. The first-order valence-electron chi connectivity index (χ1n) is 9.40. The van der Waals surface area contributed by atoms with Gasteiger partial charge in [-0.05, 0) is 24.6 Å². The number of ether oxygens (including phenoxy) is 1. The lowest BCUT2D eigenvalue weighted by atomic mass is 10.1. The van der Waals surface area contributed by atoms with Crippen molar-refractivity contribution in [3.8, 4) is 0 Å². The molecule has 1 aromatic carbocycles. The number of thiophene rings is 1. The van der Waals surface area contributed by atoms with E-state index in [0.717, 1.165) is 16.0 Å². The van der Waals surface area contributed by atoms with Gasteiger partial charge in [-0.1, -0.05) is 41.4 Å². The van der Waals surface area contributed by atoms with Crippen LogP contribution in [-0.4, -0.2) is 40.2 Å². The van der Waals surface area contributed by atoms with Crippen molar-refractivity contribution in [2.24, 2.45) is 5.73 Å². The van der Waals surface area contributed by atoms with Crippen LogP contribution in [0, 0.1) is 0 Å². The first kappa shape index (κ1) is 23.7. The van der Waals surface area contributed by atoms with Gasteiger partial charge in [-0.3, -0.25) is 14.4 Å². The molecule has 0 fully saturated rings. The lowest BCUT2D eigenvalue weighted by Gasteiger charge is -2.17. The number of halogens is 2. The van der Waals surface area contributed by atoms with Gasteiger partial charge in [-0.2, -0.15) is 5.10 Å². The fourth-order valence-electron chi connectivity index (χ4n) is 3.07. The summed E-state index contributed by atoms with van der Waals surface area (Å²) in [7, 11) is 0. The summed E-state index contributed by atoms with van der Waals surface area (Å²) in [5, 5.41) is 6.95. The van der Waals surface area contributed by atoms with Gasteiger partial charge in [0.2, 0.25) is 5.91 Å². The minimum absolute atomic E-state index is 0.0409. The number of primary amides is 1. The number of carbonyl (C=O) groups excluding carboxylic acids is 3. The number of hydrogen-bond donors (Lipinski definition) is 2. The number of esters is 1. The fourth-order valence-corrected chi connectivity index (χ4v) is 4.58. The Bertz CT molecular complexity index is 1260. The van der Waals surface area contributed by atoms with Crippen LogP contribution in [0.4, 0.5) is 0 Å². The summed E-state index contributed by atoms with van der Waals surface area (Å²) in [5.41, 5.74) is 5.23. The zero-order valence-electron chi connectivity index (χ0n) is 16.8. The van der Waals surface area contributed by atoms with E-state index in [-0.39, 0.29) is 29.5 Å². The topological polar surface area (TPSA) is 133 Å². The maximum absolute atomic E-state index is 12.7. The Morgan fingerprint density at radius 2 is 1.94 bits per heavy atom. The molecule has 32 heavy (non-hydrogen) atoms. The smallest absolute Gasteiger partial charge is 0.328 e. The van der Waals surface area contributed by atoms with E-state index >= 15 is 0 Å². The molecule has 168 valence electrons. The number of rotatable bonds is 8. The number of nitrogens with zero attached hydrogens (tertiary/aromatic N) is 2. The molecule has 0 aliphatic heterocycles. The van der Waals surface area contributed by atoms with Gasteiger partial charge < -0.3 is 15.8 Å². The first-order chi connectivity index (χ1) is 15.2. The molecule has 0 spiro atoms. The van der Waals surface area contributed by atoms with Crippen LogP contribution in [0.25, 0.3) is 10.8 Å². The molecular weight excluding hydrogens is 479 g/mol. The Balaban J connectivity index is 1.87. The number of aromatic nitrogens is 2. The van der Waals surface area contributed by atoms with Crippen LogP contribution >= 0.6 is 34.5 Å². The van der Waals surface area contributed by atoms with Crippen LogP contribution in [0.2, 0.25) is 8.67 Å². The Morgan fingerprint density at radius 1 is 1.25 bits per heavy atom. The van der Waals surface area contributed by atoms with Gasteiger partial charge in [0.25, 0.3) is 11.5 Å². The Kier molecular flexibility index (Phi) is 7.49. The SMILES string of the molecule is CCOC(=O)C(Cc1cc(Cl)sc1Cl)NC(=O)Cn1nc(C(N)=O)c2ccccc2c1=O. The van der Waals surface area contributed by atoms with Crippen molar-refractivity contribution in [2.45, 2.75) is 25.9 Å². The lowest BCUT2D eigenvalue weighted by molar-refractivity contribution is -0.147. The normalized spacial score (nSPS) is 11.8. The Labute approximate surface area is 196 Å². The summed E-state index contributed by atoms with van der Waals surface area (Å²) in [4.78, 5) is 49.6. The number of nitrogens with two attached hydrogens (primary N) is 1. The van der Waals surface area contributed by atoms with Crippen LogP contribution in [0.1, 0.15) is 23.0 Å². The van der Waals surface area contributed by atoms with Gasteiger partial charge in [0.1, 0.15) is 12.6 Å². The molecule has 0 saturated heterocycles. The maximum atomic E-state index is 12.7. The Morgan fingerprint density at radius 3 is 2.53 bits per heavy atom. The van der Waals surface area contributed by atoms with Crippen molar-refractivity contribution in [2.75, 3.05) is 6.61 Å². The third-order valence-electron chi connectivity index (χ3n) is 4.45. The van der Waals surface area contributed by atoms with Crippen molar-refractivity contribution in [1.29, 1.82) is 0 Å². The number of amides is 2. The van der Waals surface area contributed by atoms with Gasteiger partial charge >= 0.3 is 5.97 Å². The second-order valence-electron chi connectivity index (χ2n) is 6.65. The number of hydrogen-bond acceptors (Lipinski definition) is 7. The van der Waals surface area contributed by atoms with Crippen LogP contribution < -0.4 is 16.6 Å². The monoisotopic (exact) mass is 496 g/mol. The van der Waals surface area contributed by atoms with Gasteiger partial charge in [-0.25, -0.2) is 9.48 Å². The van der Waals surface area contributed by atoms with Gasteiger partial charge in [0, 0.05) is 11.8 Å². The highest BCUT2D eigenvalue weighted by Gasteiger charge is 2.25. The zero-order valence-corrected chi connectivity index (χ0v) is 19.1. The van der Waals surface area contributed by atoms with E-state index in [1.807, 2.05) is 0 Å². The van der Waals surface area contributed by atoms with E-state index in [9.17, 15) is 19.2 Å². The summed E-state index contributed by atoms with van der Waals surface area (Å²) >= 11 is 13.2. The predicted molar refractivity (Wildman–Crippen MR) is 121 cm³/mol. The maximum Gasteiger partial charge on any atom is 0.328 e. The average molecular weight is 497 g/mol. The van der Waals surface area contributed by atoms with Crippen molar-refractivity contribution in [1.82, 2.24) is 15.1 Å². The molecule has 2 heterocycles. The largest absolute Gasteiger partial charge is 0.464 e. The van der Waals surface area contributed by atoms with Crippen LogP contribution in [0.5, 0.6) is 0 Å². The Hall–Kier alpha value is -2.95.